The van der Waals surface area contributed by atoms with E-state index in [2.05, 4.69) is 15.2 Å². The summed E-state index contributed by atoms with van der Waals surface area (Å²) < 4.78 is 13.5. The van der Waals surface area contributed by atoms with Gasteiger partial charge in [-0.05, 0) is 24.3 Å². The molecule has 8 nitrogen and oxygen atoms in total. The lowest BCUT2D eigenvalue weighted by atomic mass is 10.0. The van der Waals surface area contributed by atoms with E-state index in [0.29, 0.717) is 71.6 Å². The van der Waals surface area contributed by atoms with Gasteiger partial charge in [0.15, 0.2) is 16.8 Å². The molecule has 0 atom stereocenters. The number of carbonyl (C=O) groups is 1. The summed E-state index contributed by atoms with van der Waals surface area (Å²) in [6, 6.07) is 15.0. The number of carbonyl (C=O) groups excluding carboxylic acids is 1. The lowest BCUT2D eigenvalue weighted by Gasteiger charge is -2.37. The lowest BCUT2D eigenvalue weighted by molar-refractivity contribution is -0.181. The number of benzene rings is 2. The first-order chi connectivity index (χ1) is 18.5. The van der Waals surface area contributed by atoms with E-state index >= 15 is 0 Å². The third kappa shape index (κ3) is 5.09. The first-order valence-electron chi connectivity index (χ1n) is 12.1. The highest BCUT2D eigenvalue weighted by atomic mass is 35.5. The lowest BCUT2D eigenvalue weighted by Crippen LogP contribution is -2.47. The van der Waals surface area contributed by atoms with Gasteiger partial charge >= 0.3 is 0 Å². The van der Waals surface area contributed by atoms with Crippen molar-refractivity contribution in [2.45, 2.75) is 29.5 Å². The molecule has 1 spiro atoms. The van der Waals surface area contributed by atoms with E-state index in [1.54, 1.807) is 0 Å². The van der Waals surface area contributed by atoms with Gasteiger partial charge in [-0.15, -0.1) is 21.5 Å². The zero-order valence-electron chi connectivity index (χ0n) is 20.2. The summed E-state index contributed by atoms with van der Waals surface area (Å²) in [5.74, 6) is 0.541. The Morgan fingerprint density at radius 2 is 1.71 bits per heavy atom. The van der Waals surface area contributed by atoms with Gasteiger partial charge in [-0.3, -0.25) is 9.36 Å². The Morgan fingerprint density at radius 3 is 2.45 bits per heavy atom. The SMILES string of the molecule is O=C(c1csc(CSc2nnc(-c3ccccc3Cl)n2-c2ccccc2Cl)n1)N1CCC2(CC1)OCCO2. The van der Waals surface area contributed by atoms with Crippen LogP contribution in [0.1, 0.15) is 28.3 Å². The van der Waals surface area contributed by atoms with Crippen LogP contribution in [0.2, 0.25) is 10.0 Å². The van der Waals surface area contributed by atoms with Crippen LogP contribution in [0.5, 0.6) is 0 Å². The molecule has 12 heteroatoms. The molecule has 0 radical (unpaired) electrons. The Hall–Kier alpha value is -2.47. The van der Waals surface area contributed by atoms with E-state index < -0.39 is 5.79 Å². The number of ether oxygens (including phenoxy) is 2. The fourth-order valence-corrected chi connectivity index (χ4v) is 6.80. The van der Waals surface area contributed by atoms with Crippen LogP contribution in [0.4, 0.5) is 0 Å². The van der Waals surface area contributed by atoms with Gasteiger partial charge in [-0.25, -0.2) is 4.98 Å². The number of aromatic nitrogens is 4. The number of thiazole rings is 1. The zero-order valence-corrected chi connectivity index (χ0v) is 23.3. The number of hydrogen-bond donors (Lipinski definition) is 0. The minimum atomic E-state index is -0.513. The van der Waals surface area contributed by atoms with E-state index in [9.17, 15) is 4.79 Å². The normalized spacial score (nSPS) is 16.8. The first-order valence-corrected chi connectivity index (χ1v) is 14.7. The third-order valence-corrected chi connectivity index (χ3v) is 9.18. The molecule has 2 aliphatic heterocycles. The van der Waals surface area contributed by atoms with E-state index in [4.69, 9.17) is 32.7 Å². The number of amides is 1. The van der Waals surface area contributed by atoms with Gasteiger partial charge in [0.2, 0.25) is 0 Å². The van der Waals surface area contributed by atoms with Crippen molar-refractivity contribution in [2.24, 2.45) is 0 Å². The molecule has 2 aromatic carbocycles. The van der Waals surface area contributed by atoms with Crippen molar-refractivity contribution in [3.63, 3.8) is 0 Å². The van der Waals surface area contributed by atoms with Crippen LogP contribution < -0.4 is 0 Å². The fourth-order valence-electron chi connectivity index (χ4n) is 4.63. The Kier molecular flexibility index (Phi) is 7.43. The first kappa shape index (κ1) is 25.8. The van der Waals surface area contributed by atoms with Gasteiger partial charge in [0.25, 0.3) is 5.91 Å². The molecule has 0 N–H and O–H groups in total. The summed E-state index contributed by atoms with van der Waals surface area (Å²) in [5, 5.41) is 13.3. The highest BCUT2D eigenvalue weighted by Crippen LogP contribution is 2.36. The van der Waals surface area contributed by atoms with Gasteiger partial charge in [0.05, 0.1) is 34.7 Å². The largest absolute Gasteiger partial charge is 0.347 e. The van der Waals surface area contributed by atoms with Crippen molar-refractivity contribution in [3.8, 4) is 17.1 Å². The molecule has 2 fully saturated rings. The molecule has 196 valence electrons. The number of likely N-dealkylation sites (tertiary alicyclic amines) is 1. The Morgan fingerprint density at radius 1 is 1.00 bits per heavy atom. The number of para-hydroxylation sites is 1. The van der Waals surface area contributed by atoms with Crippen LogP contribution in [-0.4, -0.2) is 62.6 Å². The van der Waals surface area contributed by atoms with Gasteiger partial charge in [-0.1, -0.05) is 59.2 Å². The maximum absolute atomic E-state index is 13.1. The molecule has 2 aromatic heterocycles. The highest BCUT2D eigenvalue weighted by Gasteiger charge is 2.41. The van der Waals surface area contributed by atoms with Crippen LogP contribution in [-0.2, 0) is 15.2 Å². The van der Waals surface area contributed by atoms with E-state index in [0.717, 1.165) is 16.3 Å². The molecule has 0 aliphatic carbocycles. The predicted octanol–water partition coefficient (Wildman–Crippen LogP) is 5.97. The zero-order chi connectivity index (χ0) is 26.1. The predicted molar refractivity (Wildman–Crippen MR) is 148 cm³/mol. The van der Waals surface area contributed by atoms with Crippen LogP contribution in [0.15, 0.2) is 59.1 Å². The maximum Gasteiger partial charge on any atom is 0.273 e. The Bertz CT molecular complexity index is 1460. The molecular weight excluding hydrogens is 565 g/mol. The summed E-state index contributed by atoms with van der Waals surface area (Å²) in [5.41, 5.74) is 1.97. The number of rotatable bonds is 6. The highest BCUT2D eigenvalue weighted by molar-refractivity contribution is 7.98. The van der Waals surface area contributed by atoms with Gasteiger partial charge in [0.1, 0.15) is 10.7 Å². The summed E-state index contributed by atoms with van der Waals surface area (Å²) in [6.07, 6.45) is 1.36. The molecule has 6 rings (SSSR count). The molecule has 4 heterocycles. The summed E-state index contributed by atoms with van der Waals surface area (Å²) in [7, 11) is 0. The topological polar surface area (TPSA) is 82.4 Å². The molecule has 2 saturated heterocycles. The second-order valence-corrected chi connectivity index (χ2v) is 11.6. The molecular formula is C26H23Cl2N5O3S2. The molecule has 0 bridgehead atoms. The summed E-state index contributed by atoms with van der Waals surface area (Å²) in [4.78, 5) is 19.5. The fraction of sp³-hybridized carbons (Fsp3) is 0.308. The maximum atomic E-state index is 13.1. The number of thioether (sulfide) groups is 1. The van der Waals surface area contributed by atoms with Crippen molar-refractivity contribution in [3.05, 3.63) is 74.7 Å². The minimum Gasteiger partial charge on any atom is -0.347 e. The van der Waals surface area contributed by atoms with E-state index in [-0.39, 0.29) is 5.91 Å². The second kappa shape index (κ2) is 11.0. The van der Waals surface area contributed by atoms with Gasteiger partial charge < -0.3 is 14.4 Å². The van der Waals surface area contributed by atoms with Gasteiger partial charge in [0, 0.05) is 36.9 Å². The monoisotopic (exact) mass is 587 g/mol. The average Bonchev–Trinajstić information content (AvgIpc) is 3.69. The summed E-state index contributed by atoms with van der Waals surface area (Å²) >= 11 is 16.0. The van der Waals surface area contributed by atoms with Crippen molar-refractivity contribution < 1.29 is 14.3 Å². The van der Waals surface area contributed by atoms with E-state index in [1.807, 2.05) is 63.4 Å². The van der Waals surface area contributed by atoms with Crippen LogP contribution in [0.25, 0.3) is 17.1 Å². The second-order valence-electron chi connectivity index (χ2n) is 8.89. The molecule has 38 heavy (non-hydrogen) atoms. The number of hydrogen-bond acceptors (Lipinski definition) is 8. The molecule has 4 aromatic rings. The van der Waals surface area contributed by atoms with Crippen molar-refractivity contribution in [1.82, 2.24) is 24.6 Å². The van der Waals surface area contributed by atoms with Gasteiger partial charge in [-0.2, -0.15) is 0 Å². The van der Waals surface area contributed by atoms with Crippen LogP contribution in [0, 0.1) is 0 Å². The Balaban J connectivity index is 1.20. The Labute approximate surface area is 237 Å². The number of piperidine rings is 1. The smallest absolute Gasteiger partial charge is 0.273 e. The molecule has 0 saturated carbocycles. The number of halogens is 2. The molecule has 2 aliphatic rings. The standard InChI is InChI=1S/C26H23Cl2N5O3S2/c27-18-6-2-1-5-17(18)23-30-31-25(33(23)21-8-4-3-7-19(21)28)38-16-22-29-20(15-37-22)24(34)32-11-9-26(10-12-32)35-13-14-36-26/h1-8,15H,9-14,16H2. The average molecular weight is 589 g/mol. The number of nitrogens with zero attached hydrogens (tertiary/aromatic N) is 5. The molecule has 1 amide bonds. The minimum absolute atomic E-state index is 0.0643. The van der Waals surface area contributed by atoms with Crippen LogP contribution in [0.3, 0.4) is 0 Å². The van der Waals surface area contributed by atoms with Crippen molar-refractivity contribution in [2.75, 3.05) is 26.3 Å². The molecule has 0 unspecified atom stereocenters. The van der Waals surface area contributed by atoms with Crippen molar-refractivity contribution in [1.29, 1.82) is 0 Å². The third-order valence-electron chi connectivity index (χ3n) is 6.56. The quantitative estimate of drug-likeness (QED) is 0.257. The van der Waals surface area contributed by atoms with E-state index in [1.165, 1.54) is 23.1 Å². The summed E-state index contributed by atoms with van der Waals surface area (Å²) in [6.45, 7) is 2.41. The van der Waals surface area contributed by atoms with Crippen molar-refractivity contribution >= 4 is 52.2 Å². The van der Waals surface area contributed by atoms with Crippen LogP contribution >= 0.6 is 46.3 Å².